The van der Waals surface area contributed by atoms with Crippen LogP contribution in [0.15, 0.2) is 40.9 Å². The lowest BCUT2D eigenvalue weighted by molar-refractivity contribution is 0.102. The van der Waals surface area contributed by atoms with Crippen LogP contribution in [0.3, 0.4) is 0 Å². The van der Waals surface area contributed by atoms with E-state index in [9.17, 15) is 4.79 Å². The van der Waals surface area contributed by atoms with Crippen molar-refractivity contribution in [3.05, 3.63) is 57.6 Å². The summed E-state index contributed by atoms with van der Waals surface area (Å²) in [7, 11) is 0. The van der Waals surface area contributed by atoms with Crippen LogP contribution < -0.4 is 10.6 Å². The molecule has 0 bridgehead atoms. The summed E-state index contributed by atoms with van der Waals surface area (Å²) in [4.78, 5) is 12.5. The number of carbonyl (C=O) groups excluding carboxylic acids is 1. The Morgan fingerprint density at radius 3 is 2.48 bits per heavy atom. The number of aryl methyl sites for hydroxylation is 2. The van der Waals surface area contributed by atoms with Crippen molar-refractivity contribution in [2.45, 2.75) is 20.8 Å². The Morgan fingerprint density at radius 2 is 1.81 bits per heavy atom. The first kappa shape index (κ1) is 15.6. The SMILES string of the molecule is CCNc1ccc(C)cc1C(=O)Nc1ccc(Br)cc1C. The molecular weight excluding hydrogens is 328 g/mol. The van der Waals surface area contributed by atoms with Crippen molar-refractivity contribution in [2.24, 2.45) is 0 Å². The average molecular weight is 347 g/mol. The molecule has 2 aromatic carbocycles. The fraction of sp³-hybridized carbons (Fsp3) is 0.235. The summed E-state index contributed by atoms with van der Waals surface area (Å²) in [5.74, 6) is -0.0972. The summed E-state index contributed by atoms with van der Waals surface area (Å²) >= 11 is 3.43. The number of hydrogen-bond acceptors (Lipinski definition) is 2. The topological polar surface area (TPSA) is 41.1 Å². The van der Waals surface area contributed by atoms with E-state index in [2.05, 4.69) is 26.6 Å². The van der Waals surface area contributed by atoms with E-state index in [1.807, 2.05) is 57.2 Å². The van der Waals surface area contributed by atoms with E-state index in [4.69, 9.17) is 0 Å². The molecule has 2 rings (SSSR count). The van der Waals surface area contributed by atoms with Crippen LogP contribution in [-0.2, 0) is 0 Å². The van der Waals surface area contributed by atoms with E-state index in [1.165, 1.54) is 0 Å². The smallest absolute Gasteiger partial charge is 0.257 e. The normalized spacial score (nSPS) is 10.3. The molecule has 0 radical (unpaired) electrons. The van der Waals surface area contributed by atoms with Crippen LogP contribution in [0.5, 0.6) is 0 Å². The second-order valence-electron chi connectivity index (χ2n) is 4.99. The van der Waals surface area contributed by atoms with Crippen molar-refractivity contribution < 1.29 is 4.79 Å². The maximum Gasteiger partial charge on any atom is 0.257 e. The van der Waals surface area contributed by atoms with Crippen molar-refractivity contribution in [2.75, 3.05) is 17.2 Å². The highest BCUT2D eigenvalue weighted by atomic mass is 79.9. The standard InChI is InChI=1S/C17H19BrN2O/c1-4-19-16-7-5-11(2)9-14(16)17(21)20-15-8-6-13(18)10-12(15)3/h5-10,19H,4H2,1-3H3,(H,20,21). The fourth-order valence-corrected chi connectivity index (χ4v) is 2.62. The maximum absolute atomic E-state index is 12.5. The molecule has 0 fully saturated rings. The largest absolute Gasteiger partial charge is 0.385 e. The molecule has 0 spiro atoms. The van der Waals surface area contributed by atoms with Gasteiger partial charge in [-0.25, -0.2) is 0 Å². The Bertz CT molecular complexity index is 668. The molecule has 0 heterocycles. The Morgan fingerprint density at radius 1 is 1.10 bits per heavy atom. The van der Waals surface area contributed by atoms with Gasteiger partial charge in [-0.1, -0.05) is 27.6 Å². The summed E-state index contributed by atoms with van der Waals surface area (Å²) < 4.78 is 1.00. The van der Waals surface area contributed by atoms with Gasteiger partial charge in [0.15, 0.2) is 0 Å². The van der Waals surface area contributed by atoms with Gasteiger partial charge in [-0.3, -0.25) is 4.79 Å². The molecule has 0 aliphatic heterocycles. The van der Waals surface area contributed by atoms with Gasteiger partial charge < -0.3 is 10.6 Å². The first-order chi connectivity index (χ1) is 10.0. The van der Waals surface area contributed by atoms with Crippen LogP contribution in [0.2, 0.25) is 0 Å². The minimum absolute atomic E-state index is 0.0972. The van der Waals surface area contributed by atoms with Crippen molar-refractivity contribution in [1.29, 1.82) is 0 Å². The molecule has 1 amide bonds. The molecule has 0 saturated heterocycles. The Labute approximate surface area is 133 Å². The highest BCUT2D eigenvalue weighted by Gasteiger charge is 2.12. The minimum Gasteiger partial charge on any atom is -0.385 e. The molecule has 21 heavy (non-hydrogen) atoms. The van der Waals surface area contributed by atoms with Crippen LogP contribution in [0.25, 0.3) is 0 Å². The molecule has 0 aromatic heterocycles. The third kappa shape index (κ3) is 3.85. The second kappa shape index (κ2) is 6.76. The van der Waals surface area contributed by atoms with E-state index in [1.54, 1.807) is 0 Å². The van der Waals surface area contributed by atoms with Gasteiger partial charge in [-0.05, 0) is 56.7 Å². The van der Waals surface area contributed by atoms with Gasteiger partial charge in [-0.15, -0.1) is 0 Å². The van der Waals surface area contributed by atoms with E-state index in [-0.39, 0.29) is 5.91 Å². The first-order valence-corrected chi connectivity index (χ1v) is 7.72. The summed E-state index contributed by atoms with van der Waals surface area (Å²) in [6, 6.07) is 11.7. The van der Waals surface area contributed by atoms with Gasteiger partial charge in [0.1, 0.15) is 0 Å². The molecular formula is C17H19BrN2O. The van der Waals surface area contributed by atoms with Crippen molar-refractivity contribution in [3.63, 3.8) is 0 Å². The molecule has 0 unspecified atom stereocenters. The first-order valence-electron chi connectivity index (χ1n) is 6.93. The third-order valence-electron chi connectivity index (χ3n) is 3.22. The minimum atomic E-state index is -0.0972. The summed E-state index contributed by atoms with van der Waals surface area (Å²) in [6.45, 7) is 6.75. The molecule has 3 nitrogen and oxygen atoms in total. The number of halogens is 1. The summed E-state index contributed by atoms with van der Waals surface area (Å²) in [6.07, 6.45) is 0. The van der Waals surface area contributed by atoms with Gasteiger partial charge >= 0.3 is 0 Å². The fourth-order valence-electron chi connectivity index (χ4n) is 2.15. The maximum atomic E-state index is 12.5. The quantitative estimate of drug-likeness (QED) is 0.838. The Kier molecular flexibility index (Phi) is 5.02. The van der Waals surface area contributed by atoms with E-state index >= 15 is 0 Å². The molecule has 2 aromatic rings. The van der Waals surface area contributed by atoms with Crippen molar-refractivity contribution in [1.82, 2.24) is 0 Å². The van der Waals surface area contributed by atoms with Gasteiger partial charge in [0.05, 0.1) is 5.56 Å². The highest BCUT2D eigenvalue weighted by Crippen LogP contribution is 2.23. The van der Waals surface area contributed by atoms with Gasteiger partial charge in [0.25, 0.3) is 5.91 Å². The van der Waals surface area contributed by atoms with Gasteiger partial charge in [-0.2, -0.15) is 0 Å². The lowest BCUT2D eigenvalue weighted by Crippen LogP contribution is -2.15. The van der Waals surface area contributed by atoms with Gasteiger partial charge in [0.2, 0.25) is 0 Å². The number of carbonyl (C=O) groups is 1. The molecule has 0 saturated carbocycles. The zero-order valence-corrected chi connectivity index (χ0v) is 14.0. The molecule has 2 N–H and O–H groups in total. The third-order valence-corrected chi connectivity index (χ3v) is 3.72. The zero-order chi connectivity index (χ0) is 15.4. The van der Waals surface area contributed by atoms with Crippen LogP contribution in [-0.4, -0.2) is 12.5 Å². The number of benzene rings is 2. The van der Waals surface area contributed by atoms with Crippen LogP contribution in [0, 0.1) is 13.8 Å². The Hall–Kier alpha value is -1.81. The summed E-state index contributed by atoms with van der Waals surface area (Å²) in [5, 5.41) is 6.21. The molecule has 110 valence electrons. The highest BCUT2D eigenvalue weighted by molar-refractivity contribution is 9.10. The van der Waals surface area contributed by atoms with Crippen LogP contribution in [0.4, 0.5) is 11.4 Å². The molecule has 0 aliphatic carbocycles. The average Bonchev–Trinajstić information content (AvgIpc) is 2.44. The van der Waals surface area contributed by atoms with E-state index in [0.717, 1.165) is 33.5 Å². The number of hydrogen-bond donors (Lipinski definition) is 2. The number of rotatable bonds is 4. The number of amides is 1. The van der Waals surface area contributed by atoms with Gasteiger partial charge in [0, 0.05) is 22.4 Å². The summed E-state index contributed by atoms with van der Waals surface area (Å²) in [5.41, 5.74) is 4.44. The predicted molar refractivity (Wildman–Crippen MR) is 92.2 cm³/mol. The number of anilines is 2. The zero-order valence-electron chi connectivity index (χ0n) is 12.5. The molecule has 4 heteroatoms. The van der Waals surface area contributed by atoms with E-state index in [0.29, 0.717) is 5.56 Å². The van der Waals surface area contributed by atoms with Crippen LogP contribution >= 0.6 is 15.9 Å². The monoisotopic (exact) mass is 346 g/mol. The molecule has 0 atom stereocenters. The lowest BCUT2D eigenvalue weighted by Gasteiger charge is -2.13. The predicted octanol–water partition coefficient (Wildman–Crippen LogP) is 4.75. The second-order valence-corrected chi connectivity index (χ2v) is 5.91. The van der Waals surface area contributed by atoms with Crippen molar-refractivity contribution in [3.8, 4) is 0 Å². The molecule has 0 aliphatic rings. The lowest BCUT2D eigenvalue weighted by atomic mass is 10.1. The van der Waals surface area contributed by atoms with Crippen LogP contribution in [0.1, 0.15) is 28.4 Å². The Balaban J connectivity index is 2.29. The van der Waals surface area contributed by atoms with Crippen molar-refractivity contribution >= 4 is 33.2 Å². The number of nitrogens with one attached hydrogen (secondary N) is 2. The van der Waals surface area contributed by atoms with E-state index < -0.39 is 0 Å².